The van der Waals surface area contributed by atoms with E-state index in [1.165, 1.54) is 6.92 Å². The van der Waals surface area contributed by atoms with Gasteiger partial charge >= 0.3 is 5.97 Å². The number of rotatable bonds is 4. The predicted octanol–water partition coefficient (Wildman–Crippen LogP) is -1.53. The number of nitrogens with one attached hydrogen (secondary N) is 1. The number of hydrogen-bond acceptors (Lipinski definition) is 4. The summed E-state index contributed by atoms with van der Waals surface area (Å²) in [5.74, 6) is 3.02. The molecule has 0 aromatic carbocycles. The largest absolute Gasteiger partial charge is 0.480 e. The number of hydrogen-bond donors (Lipinski definition) is 3. The molecule has 0 rings (SSSR count). The van der Waals surface area contributed by atoms with Gasteiger partial charge in [-0.05, 0) is 0 Å². The Bertz CT molecular complexity index is 159. The Labute approximate surface area is 63.3 Å². The molecule has 0 aliphatic heterocycles. The third-order valence-corrected chi connectivity index (χ3v) is 0.938. The van der Waals surface area contributed by atoms with Crippen molar-refractivity contribution < 1.29 is 19.5 Å². The highest BCUT2D eigenvalue weighted by molar-refractivity contribution is 5.82. The Kier molecular flexibility index (Phi) is 4.16. The first-order valence-electron chi connectivity index (χ1n) is 2.89. The summed E-state index contributed by atoms with van der Waals surface area (Å²) < 4.78 is 0. The molecule has 0 aromatic heterocycles. The summed E-state index contributed by atoms with van der Waals surface area (Å²) in [5.41, 5.74) is 0. The number of carbonyl (C=O) groups excluding carboxylic acids is 1. The molecule has 0 bridgehead atoms. The molecule has 6 heteroatoms. The molecule has 0 spiro atoms. The third kappa shape index (κ3) is 4.29. The lowest BCUT2D eigenvalue weighted by Gasteiger charge is -2.10. The van der Waals surface area contributed by atoms with Gasteiger partial charge in [0.2, 0.25) is 5.91 Å². The van der Waals surface area contributed by atoms with Crippen molar-refractivity contribution in [3.63, 3.8) is 0 Å². The third-order valence-electron chi connectivity index (χ3n) is 0.938. The molecular weight excluding hydrogens is 152 g/mol. The molecule has 0 aliphatic rings. The van der Waals surface area contributed by atoms with Crippen LogP contribution in [0, 0.1) is 0 Å². The average Bonchev–Trinajstić information content (AvgIpc) is 1.86. The lowest BCUT2D eigenvalue weighted by atomic mass is 10.3. The molecular formula is C5H10N2O4. The van der Waals surface area contributed by atoms with Gasteiger partial charge in [0.1, 0.15) is 0 Å². The van der Waals surface area contributed by atoms with E-state index in [1.807, 2.05) is 0 Å². The molecule has 1 amide bonds. The number of amides is 1. The first kappa shape index (κ1) is 9.86. The zero-order valence-corrected chi connectivity index (χ0v) is 6.03. The minimum Gasteiger partial charge on any atom is -0.480 e. The topological polar surface area (TPSA) is 102 Å². The first-order valence-corrected chi connectivity index (χ1v) is 2.89. The van der Waals surface area contributed by atoms with Crippen LogP contribution in [0.1, 0.15) is 6.92 Å². The molecule has 0 heterocycles. The Morgan fingerprint density at radius 3 is 2.55 bits per heavy atom. The van der Waals surface area contributed by atoms with Crippen LogP contribution in [0.25, 0.3) is 0 Å². The fraction of sp³-hybridized carbons (Fsp3) is 0.600. The highest BCUT2D eigenvalue weighted by atomic mass is 16.6. The maximum absolute atomic E-state index is 10.4. The van der Waals surface area contributed by atoms with Crippen LogP contribution in [-0.2, 0) is 14.4 Å². The van der Waals surface area contributed by atoms with Crippen molar-refractivity contribution in [3.8, 4) is 0 Å². The second kappa shape index (κ2) is 4.64. The van der Waals surface area contributed by atoms with Crippen molar-refractivity contribution >= 4 is 11.9 Å². The van der Waals surface area contributed by atoms with E-state index in [-0.39, 0.29) is 6.61 Å². The SMILES string of the molecule is CC(=O)NC(CON)C(=O)O. The quantitative estimate of drug-likeness (QED) is 0.435. The van der Waals surface area contributed by atoms with E-state index < -0.39 is 17.9 Å². The van der Waals surface area contributed by atoms with E-state index in [2.05, 4.69) is 16.1 Å². The minimum absolute atomic E-state index is 0.241. The lowest BCUT2D eigenvalue weighted by molar-refractivity contribution is -0.143. The maximum Gasteiger partial charge on any atom is 0.328 e. The Hall–Kier alpha value is -1.14. The molecule has 0 aromatic rings. The van der Waals surface area contributed by atoms with Crippen LogP contribution in [0.4, 0.5) is 0 Å². The smallest absolute Gasteiger partial charge is 0.328 e. The number of nitrogens with two attached hydrogens (primary N) is 1. The van der Waals surface area contributed by atoms with Crippen LogP contribution in [0.2, 0.25) is 0 Å². The Balaban J connectivity index is 3.89. The highest BCUT2D eigenvalue weighted by Crippen LogP contribution is 1.83. The lowest BCUT2D eigenvalue weighted by Crippen LogP contribution is -2.43. The van der Waals surface area contributed by atoms with Gasteiger partial charge in [0, 0.05) is 6.92 Å². The summed E-state index contributed by atoms with van der Waals surface area (Å²) in [6.45, 7) is 0.974. The number of carbonyl (C=O) groups is 2. The fourth-order valence-corrected chi connectivity index (χ4v) is 0.516. The van der Waals surface area contributed by atoms with Crippen LogP contribution in [0.3, 0.4) is 0 Å². The van der Waals surface area contributed by atoms with Crippen LogP contribution < -0.4 is 11.2 Å². The predicted molar refractivity (Wildman–Crippen MR) is 35.4 cm³/mol. The number of carboxylic acids is 1. The van der Waals surface area contributed by atoms with Gasteiger partial charge in [-0.1, -0.05) is 0 Å². The highest BCUT2D eigenvalue weighted by Gasteiger charge is 2.17. The van der Waals surface area contributed by atoms with Crippen molar-refractivity contribution in [2.75, 3.05) is 6.61 Å². The zero-order valence-electron chi connectivity index (χ0n) is 6.03. The van der Waals surface area contributed by atoms with Crippen LogP contribution in [0.5, 0.6) is 0 Å². The van der Waals surface area contributed by atoms with E-state index in [0.29, 0.717) is 0 Å². The van der Waals surface area contributed by atoms with Crippen LogP contribution >= 0.6 is 0 Å². The molecule has 1 atom stereocenters. The van der Waals surface area contributed by atoms with E-state index in [1.54, 1.807) is 0 Å². The van der Waals surface area contributed by atoms with Gasteiger partial charge in [0.05, 0.1) is 6.61 Å². The van der Waals surface area contributed by atoms with Gasteiger partial charge in [-0.15, -0.1) is 0 Å². The zero-order chi connectivity index (χ0) is 8.85. The van der Waals surface area contributed by atoms with Crippen LogP contribution in [-0.4, -0.2) is 29.6 Å². The maximum atomic E-state index is 10.4. The van der Waals surface area contributed by atoms with Gasteiger partial charge in [-0.25, -0.2) is 10.7 Å². The van der Waals surface area contributed by atoms with Crippen molar-refractivity contribution in [1.29, 1.82) is 0 Å². The van der Waals surface area contributed by atoms with Gasteiger partial charge < -0.3 is 15.3 Å². The van der Waals surface area contributed by atoms with Gasteiger partial charge in [-0.3, -0.25) is 4.79 Å². The van der Waals surface area contributed by atoms with Crippen LogP contribution in [0.15, 0.2) is 0 Å². The van der Waals surface area contributed by atoms with Crippen molar-refractivity contribution in [2.24, 2.45) is 5.90 Å². The normalized spacial score (nSPS) is 12.2. The number of carboxylic acid groups (broad SMARTS) is 1. The second-order valence-corrected chi connectivity index (χ2v) is 1.92. The fourth-order valence-electron chi connectivity index (χ4n) is 0.516. The second-order valence-electron chi connectivity index (χ2n) is 1.92. The van der Waals surface area contributed by atoms with Gasteiger partial charge in [0.15, 0.2) is 6.04 Å². The molecule has 4 N–H and O–H groups in total. The Morgan fingerprint density at radius 2 is 2.27 bits per heavy atom. The molecule has 64 valence electrons. The number of aliphatic carboxylic acids is 1. The molecule has 1 unspecified atom stereocenters. The van der Waals surface area contributed by atoms with Crippen molar-refractivity contribution in [3.05, 3.63) is 0 Å². The summed E-state index contributed by atoms with van der Waals surface area (Å²) >= 11 is 0. The van der Waals surface area contributed by atoms with Gasteiger partial charge in [-0.2, -0.15) is 0 Å². The standard InChI is InChI=1S/C5H10N2O4/c1-3(8)7-4(2-11-6)5(9)10/h4H,2,6H2,1H3,(H,7,8)(H,9,10). The van der Waals surface area contributed by atoms with E-state index in [4.69, 9.17) is 5.11 Å². The monoisotopic (exact) mass is 162 g/mol. The molecule has 0 saturated carbocycles. The molecule has 6 nitrogen and oxygen atoms in total. The van der Waals surface area contributed by atoms with E-state index in [9.17, 15) is 9.59 Å². The summed E-state index contributed by atoms with van der Waals surface area (Å²) in [7, 11) is 0. The van der Waals surface area contributed by atoms with Crippen molar-refractivity contribution in [2.45, 2.75) is 13.0 Å². The van der Waals surface area contributed by atoms with E-state index >= 15 is 0 Å². The summed E-state index contributed by atoms with van der Waals surface area (Å²) in [6.07, 6.45) is 0. The van der Waals surface area contributed by atoms with Crippen molar-refractivity contribution in [1.82, 2.24) is 5.32 Å². The molecule has 0 fully saturated rings. The summed E-state index contributed by atoms with van der Waals surface area (Å²) in [5, 5.41) is 10.5. The van der Waals surface area contributed by atoms with E-state index in [0.717, 1.165) is 0 Å². The average molecular weight is 162 g/mol. The van der Waals surface area contributed by atoms with Gasteiger partial charge in [0.25, 0.3) is 0 Å². The summed E-state index contributed by atoms with van der Waals surface area (Å²) in [6, 6.07) is -1.07. The molecule has 0 aliphatic carbocycles. The summed E-state index contributed by atoms with van der Waals surface area (Å²) in [4.78, 5) is 24.7. The molecule has 11 heavy (non-hydrogen) atoms. The minimum atomic E-state index is -1.18. The Morgan fingerprint density at radius 1 is 1.73 bits per heavy atom. The first-order chi connectivity index (χ1) is 5.07. The molecule has 0 radical (unpaired) electrons. The molecule has 0 saturated heterocycles.